The van der Waals surface area contributed by atoms with Crippen LogP contribution in [0.4, 0.5) is 0 Å². The van der Waals surface area contributed by atoms with E-state index in [1.165, 1.54) is 40.5 Å². The molecule has 0 bridgehead atoms. The van der Waals surface area contributed by atoms with Gasteiger partial charge in [0, 0.05) is 0 Å². The van der Waals surface area contributed by atoms with Crippen LogP contribution in [0, 0.1) is 41.5 Å². The third-order valence-corrected chi connectivity index (χ3v) is 6.20. The van der Waals surface area contributed by atoms with Crippen LogP contribution in [-0.2, 0) is 4.74 Å². The minimum atomic E-state index is -0.754. The molecular formula is C27H24O5. The quantitative estimate of drug-likeness (QED) is 0.303. The van der Waals surface area contributed by atoms with Gasteiger partial charge < -0.3 is 9.47 Å². The molecule has 0 unspecified atom stereocenters. The van der Waals surface area contributed by atoms with E-state index < -0.39 is 17.9 Å². The van der Waals surface area contributed by atoms with Crippen LogP contribution in [-0.4, -0.2) is 17.9 Å². The first kappa shape index (κ1) is 21.5. The number of cyclic esters (lactones) is 2. The van der Waals surface area contributed by atoms with Crippen LogP contribution in [0.3, 0.4) is 0 Å². The summed E-state index contributed by atoms with van der Waals surface area (Å²) >= 11 is 0. The maximum Gasteiger partial charge on any atom is 0.346 e. The molecule has 4 rings (SSSR count). The first-order valence-corrected chi connectivity index (χ1v) is 10.4. The molecular weight excluding hydrogens is 404 g/mol. The Morgan fingerprint density at radius 1 is 0.688 bits per heavy atom. The number of aryl methyl sites for hydroxylation is 3. The van der Waals surface area contributed by atoms with Crippen molar-refractivity contribution < 1.29 is 23.9 Å². The summed E-state index contributed by atoms with van der Waals surface area (Å²) in [6.45, 7) is 12.2. The van der Waals surface area contributed by atoms with Gasteiger partial charge in [-0.25, -0.2) is 14.4 Å². The van der Waals surface area contributed by atoms with Crippen LogP contribution in [0.5, 0.6) is 5.75 Å². The minimum absolute atomic E-state index is 0.0784. The lowest BCUT2D eigenvalue weighted by molar-refractivity contribution is 0.0443. The predicted octanol–water partition coefficient (Wildman–Crippen LogP) is 5.73. The van der Waals surface area contributed by atoms with Crippen LogP contribution in [0.1, 0.15) is 64.5 Å². The van der Waals surface area contributed by atoms with Crippen LogP contribution < -0.4 is 4.74 Å². The average molecular weight is 428 g/mol. The minimum Gasteiger partial charge on any atom is -0.422 e. The number of esters is 3. The number of rotatable bonds is 3. The lowest BCUT2D eigenvalue weighted by Gasteiger charge is -2.19. The summed E-state index contributed by atoms with van der Waals surface area (Å²) in [6.07, 6.45) is 0. The molecule has 32 heavy (non-hydrogen) atoms. The lowest BCUT2D eigenvalue weighted by atomic mass is 9.89. The molecule has 0 fully saturated rings. The van der Waals surface area contributed by atoms with Gasteiger partial charge in [0.15, 0.2) is 0 Å². The van der Waals surface area contributed by atoms with E-state index in [-0.39, 0.29) is 16.7 Å². The zero-order valence-corrected chi connectivity index (χ0v) is 19.0. The summed E-state index contributed by atoms with van der Waals surface area (Å²) < 4.78 is 10.3. The molecule has 0 N–H and O–H groups in total. The highest BCUT2D eigenvalue weighted by Crippen LogP contribution is 2.37. The maximum absolute atomic E-state index is 12.9. The fraction of sp³-hybridized carbons (Fsp3) is 0.222. The molecule has 0 amide bonds. The number of fused-ring (bicyclic) bond motifs is 1. The van der Waals surface area contributed by atoms with E-state index in [0.29, 0.717) is 5.75 Å². The normalized spacial score (nSPS) is 12.6. The van der Waals surface area contributed by atoms with E-state index in [2.05, 4.69) is 37.6 Å². The van der Waals surface area contributed by atoms with Crippen molar-refractivity contribution in [3.8, 4) is 16.9 Å². The average Bonchev–Trinajstić information content (AvgIpc) is 3.03. The van der Waals surface area contributed by atoms with Crippen LogP contribution >= 0.6 is 0 Å². The molecule has 0 spiro atoms. The molecule has 5 heteroatoms. The van der Waals surface area contributed by atoms with Crippen LogP contribution in [0.2, 0.25) is 0 Å². The second-order valence-corrected chi connectivity index (χ2v) is 8.40. The Morgan fingerprint density at radius 2 is 1.34 bits per heavy atom. The summed E-state index contributed by atoms with van der Waals surface area (Å²) in [5, 5.41) is 0. The molecule has 1 aliphatic heterocycles. The molecule has 5 nitrogen and oxygen atoms in total. The Hall–Kier alpha value is -3.73. The Bertz CT molecular complexity index is 1330. The summed E-state index contributed by atoms with van der Waals surface area (Å²) in [6, 6.07) is 10.6. The van der Waals surface area contributed by atoms with E-state index in [0.717, 1.165) is 22.3 Å². The van der Waals surface area contributed by atoms with Gasteiger partial charge in [-0.15, -0.1) is 0 Å². The molecule has 0 aromatic heterocycles. The van der Waals surface area contributed by atoms with Crippen molar-refractivity contribution in [2.75, 3.05) is 0 Å². The fourth-order valence-electron chi connectivity index (χ4n) is 4.18. The maximum atomic E-state index is 12.9. The predicted molar refractivity (Wildman–Crippen MR) is 121 cm³/mol. The van der Waals surface area contributed by atoms with E-state index in [4.69, 9.17) is 4.74 Å². The summed E-state index contributed by atoms with van der Waals surface area (Å²) in [4.78, 5) is 36.3. The Balaban J connectivity index is 1.71. The zero-order chi connectivity index (χ0) is 23.3. The van der Waals surface area contributed by atoms with Gasteiger partial charge >= 0.3 is 17.9 Å². The Morgan fingerprint density at radius 3 is 2.06 bits per heavy atom. The van der Waals surface area contributed by atoms with E-state index in [1.807, 2.05) is 26.8 Å². The highest BCUT2D eigenvalue weighted by molar-refractivity contribution is 6.15. The van der Waals surface area contributed by atoms with Crippen molar-refractivity contribution in [1.29, 1.82) is 0 Å². The number of benzene rings is 3. The largest absolute Gasteiger partial charge is 0.422 e. The standard InChI is InChI=1S/C27H24O5/c1-13-9-14(2)16(4)21(10-13)22-11-15(3)24(18(6)17(22)5)31-25(28)19-7-8-20-23(12-19)27(30)32-26(20)29/h7-12H,1-6H3. The van der Waals surface area contributed by atoms with Crippen LogP contribution in [0.25, 0.3) is 11.1 Å². The number of carbonyl (C=O) groups excluding carboxylic acids is 3. The third-order valence-electron chi connectivity index (χ3n) is 6.20. The molecule has 1 heterocycles. The monoisotopic (exact) mass is 428 g/mol. The molecule has 0 saturated heterocycles. The molecule has 162 valence electrons. The van der Waals surface area contributed by atoms with Crippen molar-refractivity contribution in [2.45, 2.75) is 41.5 Å². The highest BCUT2D eigenvalue weighted by atomic mass is 16.6. The van der Waals surface area contributed by atoms with Gasteiger partial charge in [-0.1, -0.05) is 17.7 Å². The first-order chi connectivity index (χ1) is 15.1. The van der Waals surface area contributed by atoms with Crippen molar-refractivity contribution in [1.82, 2.24) is 0 Å². The molecule has 0 aliphatic carbocycles. The summed E-state index contributed by atoms with van der Waals surface area (Å²) in [5.74, 6) is -1.56. The fourth-order valence-corrected chi connectivity index (χ4v) is 4.18. The third kappa shape index (κ3) is 3.50. The number of ether oxygens (including phenoxy) is 2. The second kappa shape index (κ2) is 7.75. The number of hydrogen-bond donors (Lipinski definition) is 0. The first-order valence-electron chi connectivity index (χ1n) is 10.4. The molecule has 0 radical (unpaired) electrons. The second-order valence-electron chi connectivity index (χ2n) is 8.40. The van der Waals surface area contributed by atoms with Gasteiger partial charge in [0.25, 0.3) is 0 Å². The Labute approximate surface area is 187 Å². The van der Waals surface area contributed by atoms with Gasteiger partial charge in [-0.3, -0.25) is 0 Å². The molecule has 0 atom stereocenters. The topological polar surface area (TPSA) is 69.7 Å². The molecule has 3 aromatic carbocycles. The van der Waals surface area contributed by atoms with Crippen molar-refractivity contribution in [3.05, 3.63) is 86.5 Å². The summed E-state index contributed by atoms with van der Waals surface area (Å²) in [7, 11) is 0. The smallest absolute Gasteiger partial charge is 0.346 e. The Kier molecular flexibility index (Phi) is 5.21. The number of hydrogen-bond acceptors (Lipinski definition) is 5. The van der Waals surface area contributed by atoms with E-state index in [1.54, 1.807) is 0 Å². The van der Waals surface area contributed by atoms with Gasteiger partial charge in [0.2, 0.25) is 0 Å². The number of carbonyl (C=O) groups is 3. The lowest BCUT2D eigenvalue weighted by Crippen LogP contribution is -2.12. The van der Waals surface area contributed by atoms with Gasteiger partial charge in [-0.2, -0.15) is 0 Å². The molecule has 3 aromatic rings. The van der Waals surface area contributed by atoms with Gasteiger partial charge in [-0.05, 0) is 105 Å². The van der Waals surface area contributed by atoms with Gasteiger partial charge in [0.1, 0.15) is 5.75 Å². The van der Waals surface area contributed by atoms with Crippen molar-refractivity contribution in [2.24, 2.45) is 0 Å². The van der Waals surface area contributed by atoms with Crippen molar-refractivity contribution in [3.63, 3.8) is 0 Å². The van der Waals surface area contributed by atoms with Crippen molar-refractivity contribution >= 4 is 17.9 Å². The molecule has 1 aliphatic rings. The highest BCUT2D eigenvalue weighted by Gasteiger charge is 2.30. The summed E-state index contributed by atoms with van der Waals surface area (Å²) in [5.41, 5.74) is 9.11. The van der Waals surface area contributed by atoms with E-state index in [9.17, 15) is 14.4 Å². The molecule has 0 saturated carbocycles. The zero-order valence-electron chi connectivity index (χ0n) is 19.0. The SMILES string of the molecule is Cc1cc(C)c(C)c(-c2cc(C)c(OC(=O)c3ccc4c(c3)C(=O)OC4=O)c(C)c2C)c1. The van der Waals surface area contributed by atoms with Gasteiger partial charge in [0.05, 0.1) is 16.7 Å². The van der Waals surface area contributed by atoms with Crippen LogP contribution in [0.15, 0.2) is 36.4 Å². The van der Waals surface area contributed by atoms with E-state index >= 15 is 0 Å².